The van der Waals surface area contributed by atoms with E-state index in [1.807, 2.05) is 13.8 Å². The van der Waals surface area contributed by atoms with Gasteiger partial charge in [-0.3, -0.25) is 9.78 Å². The summed E-state index contributed by atoms with van der Waals surface area (Å²) in [5.74, 6) is 5.51. The lowest BCUT2D eigenvalue weighted by atomic mass is 10.2. The lowest BCUT2D eigenvalue weighted by Gasteiger charge is -2.18. The fraction of sp³-hybridized carbons (Fsp3) is 0.467. The number of amides is 1. The summed E-state index contributed by atoms with van der Waals surface area (Å²) < 4.78 is 5.43. The Morgan fingerprint density at radius 2 is 2.25 bits per heavy atom. The monoisotopic (exact) mass is 275 g/mol. The number of ether oxygens (including phenoxy) is 1. The lowest BCUT2D eigenvalue weighted by molar-refractivity contribution is 0.0532. The average molecular weight is 275 g/mol. The van der Waals surface area contributed by atoms with Gasteiger partial charge in [0, 0.05) is 31.5 Å². The number of carbonyl (C=O) groups is 1. The van der Waals surface area contributed by atoms with E-state index < -0.39 is 0 Å². The highest BCUT2D eigenvalue weighted by molar-refractivity contribution is 5.94. The zero-order valence-corrected chi connectivity index (χ0v) is 12.2. The third-order valence-electron chi connectivity index (χ3n) is 2.54. The Bertz CT molecular complexity index is 503. The molecular formula is C15H21N3O2. The largest absolute Gasteiger partial charge is 0.377 e. The summed E-state index contributed by atoms with van der Waals surface area (Å²) in [4.78, 5) is 17.8. The van der Waals surface area contributed by atoms with E-state index in [0.717, 1.165) is 0 Å². The van der Waals surface area contributed by atoms with Gasteiger partial charge in [0.05, 0.1) is 24.8 Å². The summed E-state index contributed by atoms with van der Waals surface area (Å²) in [7, 11) is 1.74. The molecule has 1 aromatic rings. The Morgan fingerprint density at radius 3 is 2.90 bits per heavy atom. The molecule has 0 saturated heterocycles. The number of carbonyl (C=O) groups excluding carboxylic acids is 1. The highest BCUT2D eigenvalue weighted by Gasteiger charge is 2.12. The van der Waals surface area contributed by atoms with Gasteiger partial charge in [0.1, 0.15) is 0 Å². The second kappa shape index (κ2) is 8.31. The fourth-order valence-corrected chi connectivity index (χ4v) is 1.53. The molecular weight excluding hydrogens is 254 g/mol. The van der Waals surface area contributed by atoms with E-state index in [9.17, 15) is 4.79 Å². The highest BCUT2D eigenvalue weighted by atomic mass is 16.5. The maximum atomic E-state index is 12.2. The van der Waals surface area contributed by atoms with Gasteiger partial charge >= 0.3 is 0 Å². The van der Waals surface area contributed by atoms with E-state index in [4.69, 9.17) is 10.5 Å². The first-order valence-corrected chi connectivity index (χ1v) is 6.55. The summed E-state index contributed by atoms with van der Waals surface area (Å²) in [5.41, 5.74) is 6.52. The van der Waals surface area contributed by atoms with Crippen LogP contribution in [0.25, 0.3) is 0 Å². The van der Waals surface area contributed by atoms with Gasteiger partial charge in [-0.1, -0.05) is 11.8 Å². The van der Waals surface area contributed by atoms with Crippen LogP contribution in [0.3, 0.4) is 0 Å². The predicted octanol–water partition coefficient (Wildman–Crippen LogP) is 0.889. The number of rotatable bonds is 5. The molecule has 1 aromatic heterocycles. The van der Waals surface area contributed by atoms with Gasteiger partial charge in [0.2, 0.25) is 0 Å². The average Bonchev–Trinajstić information content (AvgIpc) is 2.44. The first kappa shape index (κ1) is 16.2. The van der Waals surface area contributed by atoms with Crippen molar-refractivity contribution in [3.8, 4) is 11.8 Å². The van der Waals surface area contributed by atoms with Crippen LogP contribution in [0, 0.1) is 11.8 Å². The third-order valence-corrected chi connectivity index (χ3v) is 2.54. The van der Waals surface area contributed by atoms with Crippen molar-refractivity contribution in [2.24, 2.45) is 5.73 Å². The molecule has 0 aliphatic carbocycles. The van der Waals surface area contributed by atoms with Gasteiger partial charge < -0.3 is 15.4 Å². The van der Waals surface area contributed by atoms with Crippen LogP contribution in [0.2, 0.25) is 0 Å². The molecule has 0 aliphatic heterocycles. The van der Waals surface area contributed by atoms with Crippen LogP contribution >= 0.6 is 0 Å². The zero-order chi connectivity index (χ0) is 15.0. The minimum Gasteiger partial charge on any atom is -0.377 e. The Hall–Kier alpha value is -1.90. The van der Waals surface area contributed by atoms with Gasteiger partial charge in [-0.15, -0.1) is 0 Å². The van der Waals surface area contributed by atoms with Gasteiger partial charge in [0.15, 0.2) is 0 Å². The SMILES string of the molecule is CC(C)OCCN(C)C(=O)c1cncc(C#CCN)c1. The molecule has 0 atom stereocenters. The second-order valence-corrected chi connectivity index (χ2v) is 4.61. The molecule has 108 valence electrons. The second-order valence-electron chi connectivity index (χ2n) is 4.61. The van der Waals surface area contributed by atoms with Crippen LogP contribution in [-0.4, -0.2) is 48.6 Å². The van der Waals surface area contributed by atoms with Crippen molar-refractivity contribution in [2.45, 2.75) is 20.0 Å². The molecule has 0 spiro atoms. The first-order chi connectivity index (χ1) is 9.54. The summed E-state index contributed by atoms with van der Waals surface area (Å²) >= 11 is 0. The minimum atomic E-state index is -0.0961. The van der Waals surface area contributed by atoms with E-state index >= 15 is 0 Å². The summed E-state index contributed by atoms with van der Waals surface area (Å²) in [6.07, 6.45) is 3.31. The molecule has 0 unspecified atom stereocenters. The Kier molecular flexibility index (Phi) is 6.71. The number of pyridine rings is 1. The van der Waals surface area contributed by atoms with Gasteiger partial charge in [-0.05, 0) is 19.9 Å². The van der Waals surface area contributed by atoms with Crippen molar-refractivity contribution >= 4 is 5.91 Å². The normalized spacial score (nSPS) is 10.1. The van der Waals surface area contributed by atoms with Crippen molar-refractivity contribution in [1.29, 1.82) is 0 Å². The van der Waals surface area contributed by atoms with E-state index in [-0.39, 0.29) is 18.6 Å². The van der Waals surface area contributed by atoms with Crippen LogP contribution < -0.4 is 5.73 Å². The third kappa shape index (κ3) is 5.39. The number of nitrogens with two attached hydrogens (primary N) is 1. The van der Waals surface area contributed by atoms with Gasteiger partial charge in [-0.25, -0.2) is 0 Å². The number of hydrogen-bond acceptors (Lipinski definition) is 4. The predicted molar refractivity (Wildman–Crippen MR) is 78.2 cm³/mol. The Balaban J connectivity index is 2.66. The molecule has 0 radical (unpaired) electrons. The topological polar surface area (TPSA) is 68.5 Å². The smallest absolute Gasteiger partial charge is 0.255 e. The maximum absolute atomic E-state index is 12.2. The van der Waals surface area contributed by atoms with Crippen molar-refractivity contribution in [1.82, 2.24) is 9.88 Å². The number of hydrogen-bond donors (Lipinski definition) is 1. The number of nitrogens with zero attached hydrogens (tertiary/aromatic N) is 2. The van der Waals surface area contributed by atoms with E-state index in [2.05, 4.69) is 16.8 Å². The lowest BCUT2D eigenvalue weighted by Crippen LogP contribution is -2.30. The standard InChI is InChI=1S/C15H21N3O2/c1-12(2)20-8-7-18(3)15(19)14-9-13(5-4-6-16)10-17-11-14/h9-12H,6-8,16H2,1-3H3. The van der Waals surface area contributed by atoms with Crippen LogP contribution in [0.15, 0.2) is 18.5 Å². The van der Waals surface area contributed by atoms with Gasteiger partial charge in [0.25, 0.3) is 5.91 Å². The van der Waals surface area contributed by atoms with Crippen LogP contribution in [-0.2, 0) is 4.74 Å². The fourth-order valence-electron chi connectivity index (χ4n) is 1.53. The zero-order valence-electron chi connectivity index (χ0n) is 12.2. The van der Waals surface area contributed by atoms with Crippen LogP contribution in [0.1, 0.15) is 29.8 Å². The van der Waals surface area contributed by atoms with E-state index in [1.54, 1.807) is 24.2 Å². The van der Waals surface area contributed by atoms with Crippen LogP contribution in [0.4, 0.5) is 0 Å². The molecule has 1 rings (SSSR count). The van der Waals surface area contributed by atoms with E-state index in [1.165, 1.54) is 6.20 Å². The summed E-state index contributed by atoms with van der Waals surface area (Å²) in [6, 6.07) is 1.72. The molecule has 0 aliphatic rings. The molecule has 0 fully saturated rings. The first-order valence-electron chi connectivity index (χ1n) is 6.55. The maximum Gasteiger partial charge on any atom is 0.255 e. The minimum absolute atomic E-state index is 0.0961. The number of likely N-dealkylation sites (N-methyl/N-ethyl adjacent to an activating group) is 1. The molecule has 20 heavy (non-hydrogen) atoms. The molecule has 2 N–H and O–H groups in total. The molecule has 0 bridgehead atoms. The Morgan fingerprint density at radius 1 is 1.50 bits per heavy atom. The van der Waals surface area contributed by atoms with Crippen molar-refractivity contribution in [2.75, 3.05) is 26.7 Å². The molecule has 5 nitrogen and oxygen atoms in total. The summed E-state index contributed by atoms with van der Waals surface area (Å²) in [5, 5.41) is 0. The van der Waals surface area contributed by atoms with Gasteiger partial charge in [-0.2, -0.15) is 0 Å². The molecule has 1 heterocycles. The molecule has 1 amide bonds. The Labute approximate surface area is 120 Å². The van der Waals surface area contributed by atoms with E-state index in [0.29, 0.717) is 24.3 Å². The number of aromatic nitrogens is 1. The van der Waals surface area contributed by atoms with Crippen LogP contribution in [0.5, 0.6) is 0 Å². The summed E-state index contributed by atoms with van der Waals surface area (Å²) in [6.45, 7) is 5.26. The highest BCUT2D eigenvalue weighted by Crippen LogP contribution is 2.05. The molecule has 0 aromatic carbocycles. The molecule has 5 heteroatoms. The quantitative estimate of drug-likeness (QED) is 0.810. The van der Waals surface area contributed by atoms with Crippen molar-refractivity contribution in [3.05, 3.63) is 29.6 Å². The van der Waals surface area contributed by atoms with Crippen molar-refractivity contribution < 1.29 is 9.53 Å². The molecule has 0 saturated carbocycles. The van der Waals surface area contributed by atoms with Crippen molar-refractivity contribution in [3.63, 3.8) is 0 Å².